The lowest BCUT2D eigenvalue weighted by atomic mass is 10.2. The van der Waals surface area contributed by atoms with E-state index in [4.69, 9.17) is 0 Å². The van der Waals surface area contributed by atoms with Gasteiger partial charge in [0.25, 0.3) is 0 Å². The van der Waals surface area contributed by atoms with Gasteiger partial charge in [0.05, 0.1) is 0 Å². The molecule has 0 nitrogen and oxygen atoms in total. The third-order valence-corrected chi connectivity index (χ3v) is 0.816. The zero-order valence-electron chi connectivity index (χ0n) is 5.10. The number of hydrogen-bond donors (Lipinski definition) is 0. The van der Waals surface area contributed by atoms with E-state index in [-0.39, 0.29) is 12.4 Å². The molecule has 8 heavy (non-hydrogen) atoms. The molecule has 0 atom stereocenters. The molecule has 0 heterocycles. The van der Waals surface area contributed by atoms with Gasteiger partial charge in [-0.05, 0) is 19.3 Å². The molecule has 0 amide bonds. The van der Waals surface area contributed by atoms with Gasteiger partial charge in [-0.15, -0.1) is 25.6 Å². The standard InChI is InChI=1S/C7H12.ClH/c1-3-5-7-6-4-2;/h3-4H,1-2,5-7H2;1H. The van der Waals surface area contributed by atoms with Crippen LogP contribution in [0.1, 0.15) is 19.3 Å². The summed E-state index contributed by atoms with van der Waals surface area (Å²) in [5, 5.41) is 0. The van der Waals surface area contributed by atoms with E-state index in [1.54, 1.807) is 0 Å². The summed E-state index contributed by atoms with van der Waals surface area (Å²) in [4.78, 5) is 0. The molecule has 0 unspecified atom stereocenters. The van der Waals surface area contributed by atoms with Gasteiger partial charge in [-0.2, -0.15) is 0 Å². The minimum atomic E-state index is 0. The van der Waals surface area contributed by atoms with Crippen LogP contribution in [0.2, 0.25) is 0 Å². The van der Waals surface area contributed by atoms with Crippen LogP contribution in [0.4, 0.5) is 0 Å². The fourth-order valence-corrected chi connectivity index (χ4v) is 0.407. The van der Waals surface area contributed by atoms with Crippen LogP contribution in [-0.4, -0.2) is 0 Å². The molecule has 0 rings (SSSR count). The second-order valence-corrected chi connectivity index (χ2v) is 1.51. The highest BCUT2D eigenvalue weighted by Crippen LogP contribution is 1.93. The zero-order chi connectivity index (χ0) is 5.54. The van der Waals surface area contributed by atoms with Crippen LogP contribution >= 0.6 is 12.4 Å². The largest absolute Gasteiger partial charge is 0.147 e. The molecule has 0 aromatic rings. The lowest BCUT2D eigenvalue weighted by Gasteiger charge is -1.84. The molecule has 1 heteroatoms. The normalized spacial score (nSPS) is 7.00. The van der Waals surface area contributed by atoms with Crippen LogP contribution in [-0.2, 0) is 0 Å². The molecule has 0 spiro atoms. The maximum Gasteiger partial charge on any atom is -0.0350 e. The average molecular weight is 133 g/mol. The van der Waals surface area contributed by atoms with E-state index >= 15 is 0 Å². The summed E-state index contributed by atoms with van der Waals surface area (Å²) in [5.41, 5.74) is 0. The monoisotopic (exact) mass is 132 g/mol. The van der Waals surface area contributed by atoms with Gasteiger partial charge in [0.15, 0.2) is 0 Å². The van der Waals surface area contributed by atoms with Gasteiger partial charge in [0, 0.05) is 0 Å². The van der Waals surface area contributed by atoms with Crippen molar-refractivity contribution in [1.82, 2.24) is 0 Å². The molecule has 0 aliphatic heterocycles. The van der Waals surface area contributed by atoms with Crippen LogP contribution in [0.25, 0.3) is 0 Å². The Morgan fingerprint density at radius 1 is 1.00 bits per heavy atom. The van der Waals surface area contributed by atoms with E-state index in [2.05, 4.69) is 13.2 Å². The Labute approximate surface area is 57.7 Å². The summed E-state index contributed by atoms with van der Waals surface area (Å²) >= 11 is 0. The van der Waals surface area contributed by atoms with Crippen molar-refractivity contribution in [3.8, 4) is 0 Å². The Balaban J connectivity index is 0. The lowest BCUT2D eigenvalue weighted by Crippen LogP contribution is -1.64. The molecule has 0 bridgehead atoms. The minimum Gasteiger partial charge on any atom is -0.147 e. The highest BCUT2D eigenvalue weighted by atomic mass is 35.5. The van der Waals surface area contributed by atoms with Gasteiger partial charge in [-0.1, -0.05) is 12.2 Å². The molecule has 48 valence electrons. The van der Waals surface area contributed by atoms with E-state index in [1.807, 2.05) is 12.2 Å². The summed E-state index contributed by atoms with van der Waals surface area (Å²) in [6.45, 7) is 7.20. The predicted molar refractivity (Wildman–Crippen MR) is 41.5 cm³/mol. The van der Waals surface area contributed by atoms with Crippen LogP contribution in [0, 0.1) is 0 Å². The first-order chi connectivity index (χ1) is 3.41. The summed E-state index contributed by atoms with van der Waals surface area (Å²) in [6.07, 6.45) is 7.30. The van der Waals surface area contributed by atoms with Crippen LogP contribution in [0.5, 0.6) is 0 Å². The molecule has 0 radical (unpaired) electrons. The van der Waals surface area contributed by atoms with Crippen LogP contribution in [0.15, 0.2) is 25.3 Å². The van der Waals surface area contributed by atoms with Crippen molar-refractivity contribution in [2.24, 2.45) is 0 Å². The number of rotatable bonds is 4. The SMILES string of the molecule is C=CCCCC=C.Cl. The third-order valence-electron chi connectivity index (χ3n) is 0.816. The fraction of sp³-hybridized carbons (Fsp3) is 0.429. The van der Waals surface area contributed by atoms with Gasteiger partial charge >= 0.3 is 0 Å². The summed E-state index contributed by atoms with van der Waals surface area (Å²) in [5.74, 6) is 0. The Morgan fingerprint density at radius 2 is 1.38 bits per heavy atom. The summed E-state index contributed by atoms with van der Waals surface area (Å²) in [7, 11) is 0. The topological polar surface area (TPSA) is 0 Å². The molecule has 0 fully saturated rings. The molecule has 0 aliphatic rings. The highest BCUT2D eigenvalue weighted by Gasteiger charge is 1.74. The maximum absolute atomic E-state index is 3.60. The minimum absolute atomic E-state index is 0. The molecule has 0 aromatic heterocycles. The van der Waals surface area contributed by atoms with Gasteiger partial charge in [0.2, 0.25) is 0 Å². The first-order valence-electron chi connectivity index (χ1n) is 2.63. The molecule has 0 aliphatic carbocycles. The van der Waals surface area contributed by atoms with E-state index in [0.29, 0.717) is 0 Å². The van der Waals surface area contributed by atoms with E-state index in [0.717, 1.165) is 12.8 Å². The Morgan fingerprint density at radius 3 is 1.62 bits per heavy atom. The van der Waals surface area contributed by atoms with Crippen LogP contribution in [0.3, 0.4) is 0 Å². The molecular weight excluding hydrogens is 120 g/mol. The van der Waals surface area contributed by atoms with Crippen molar-refractivity contribution in [2.45, 2.75) is 19.3 Å². The maximum atomic E-state index is 3.60. The average Bonchev–Trinajstić information content (AvgIpc) is 1.69. The van der Waals surface area contributed by atoms with Crippen molar-refractivity contribution in [2.75, 3.05) is 0 Å². The third kappa shape index (κ3) is 9.24. The number of hydrogen-bond acceptors (Lipinski definition) is 0. The number of allylic oxidation sites excluding steroid dienone is 2. The van der Waals surface area contributed by atoms with Crippen molar-refractivity contribution < 1.29 is 0 Å². The number of halogens is 1. The van der Waals surface area contributed by atoms with E-state index in [9.17, 15) is 0 Å². The smallest absolute Gasteiger partial charge is 0.0350 e. The highest BCUT2D eigenvalue weighted by molar-refractivity contribution is 5.85. The second kappa shape index (κ2) is 9.91. The van der Waals surface area contributed by atoms with Gasteiger partial charge in [-0.3, -0.25) is 0 Å². The molecule has 0 saturated heterocycles. The second-order valence-electron chi connectivity index (χ2n) is 1.51. The zero-order valence-corrected chi connectivity index (χ0v) is 5.91. The molecule has 0 saturated carbocycles. The van der Waals surface area contributed by atoms with E-state index < -0.39 is 0 Å². The van der Waals surface area contributed by atoms with Gasteiger partial charge < -0.3 is 0 Å². The van der Waals surface area contributed by atoms with Crippen LogP contribution < -0.4 is 0 Å². The Kier molecular flexibility index (Phi) is 13.2. The molecular formula is C7H13Cl. The Hall–Kier alpha value is -0.230. The summed E-state index contributed by atoms with van der Waals surface area (Å²) in [6, 6.07) is 0. The first kappa shape index (κ1) is 10.7. The quantitative estimate of drug-likeness (QED) is 0.408. The fourth-order valence-electron chi connectivity index (χ4n) is 0.407. The van der Waals surface area contributed by atoms with Gasteiger partial charge in [0.1, 0.15) is 0 Å². The predicted octanol–water partition coefficient (Wildman–Crippen LogP) is 2.95. The van der Waals surface area contributed by atoms with Crippen molar-refractivity contribution in [1.29, 1.82) is 0 Å². The lowest BCUT2D eigenvalue weighted by molar-refractivity contribution is 0.871. The van der Waals surface area contributed by atoms with Crippen molar-refractivity contribution in [3.05, 3.63) is 25.3 Å². The molecule has 0 aromatic carbocycles. The molecule has 0 N–H and O–H groups in total. The van der Waals surface area contributed by atoms with Gasteiger partial charge in [-0.25, -0.2) is 0 Å². The summed E-state index contributed by atoms with van der Waals surface area (Å²) < 4.78 is 0. The Bertz CT molecular complexity index is 49.4. The number of unbranched alkanes of at least 4 members (excludes halogenated alkanes) is 2. The first-order valence-corrected chi connectivity index (χ1v) is 2.63. The van der Waals surface area contributed by atoms with Crippen molar-refractivity contribution in [3.63, 3.8) is 0 Å². The van der Waals surface area contributed by atoms with E-state index in [1.165, 1.54) is 6.42 Å². The van der Waals surface area contributed by atoms with Crippen molar-refractivity contribution >= 4 is 12.4 Å².